The average molecular weight is 354 g/mol. The van der Waals surface area contributed by atoms with Crippen molar-refractivity contribution in [3.05, 3.63) is 38.9 Å². The topological polar surface area (TPSA) is 112 Å². The van der Waals surface area contributed by atoms with Gasteiger partial charge >= 0.3 is 5.69 Å². The molecule has 3 N–H and O–H groups in total. The highest BCUT2D eigenvalue weighted by Gasteiger charge is 2.08. The molecule has 2 aromatic rings. The predicted molar refractivity (Wildman–Crippen MR) is 80.8 cm³/mol. The van der Waals surface area contributed by atoms with Crippen molar-refractivity contribution in [2.24, 2.45) is 5.10 Å². The van der Waals surface area contributed by atoms with Gasteiger partial charge in [0.2, 0.25) is 0 Å². The first-order valence-electron chi connectivity index (χ1n) is 5.96. The summed E-state index contributed by atoms with van der Waals surface area (Å²) in [6.07, 6.45) is 2.83. The molecule has 1 aromatic heterocycles. The monoisotopic (exact) mass is 353 g/mol. The first kappa shape index (κ1) is 15.0. The number of aromatic nitrogens is 3. The number of benzene rings is 1. The zero-order valence-electron chi connectivity index (χ0n) is 11.0. The Labute approximate surface area is 128 Å². The molecule has 2 rings (SSSR count). The van der Waals surface area contributed by atoms with Crippen molar-refractivity contribution in [3.8, 4) is 11.5 Å². The smallest absolute Gasteiger partial charge is 0.363 e. The van der Waals surface area contributed by atoms with Crippen molar-refractivity contribution in [3.63, 3.8) is 0 Å². The van der Waals surface area contributed by atoms with E-state index in [-0.39, 0.29) is 11.6 Å². The molecule has 8 nitrogen and oxygen atoms in total. The van der Waals surface area contributed by atoms with Crippen LogP contribution in [-0.4, -0.2) is 33.1 Å². The van der Waals surface area contributed by atoms with Crippen molar-refractivity contribution < 1.29 is 9.84 Å². The quantitative estimate of drug-likeness (QED) is 0.554. The van der Waals surface area contributed by atoms with Gasteiger partial charge in [0.1, 0.15) is 0 Å². The van der Waals surface area contributed by atoms with Gasteiger partial charge < -0.3 is 9.84 Å². The molecule has 21 heavy (non-hydrogen) atoms. The molecule has 0 fully saturated rings. The second-order valence-corrected chi connectivity index (χ2v) is 4.68. The van der Waals surface area contributed by atoms with Crippen molar-refractivity contribution in [2.75, 3.05) is 12.0 Å². The number of anilines is 1. The van der Waals surface area contributed by atoms with Crippen molar-refractivity contribution >= 4 is 28.0 Å². The van der Waals surface area contributed by atoms with E-state index in [1.807, 2.05) is 6.92 Å². The van der Waals surface area contributed by atoms with E-state index in [1.54, 1.807) is 12.1 Å². The van der Waals surface area contributed by atoms with E-state index in [1.165, 1.54) is 12.4 Å². The molecule has 0 atom stereocenters. The molecule has 0 saturated carbocycles. The fourth-order valence-electron chi connectivity index (χ4n) is 1.47. The summed E-state index contributed by atoms with van der Waals surface area (Å²) in [6, 6.07) is 3.31. The van der Waals surface area contributed by atoms with Crippen LogP contribution in [0.1, 0.15) is 12.5 Å². The molecule has 0 aliphatic rings. The van der Waals surface area contributed by atoms with Crippen LogP contribution in [0.4, 0.5) is 5.82 Å². The highest BCUT2D eigenvalue weighted by atomic mass is 79.9. The summed E-state index contributed by atoms with van der Waals surface area (Å²) in [4.78, 5) is 14.6. The highest BCUT2D eigenvalue weighted by Crippen LogP contribution is 2.34. The number of halogens is 1. The molecule has 1 aromatic carbocycles. The lowest BCUT2D eigenvalue weighted by Crippen LogP contribution is -2.13. The Bertz CT molecular complexity index is 716. The molecule has 0 saturated heterocycles. The molecular weight excluding hydrogens is 342 g/mol. The van der Waals surface area contributed by atoms with E-state index in [0.717, 1.165) is 0 Å². The fraction of sp³-hybridized carbons (Fsp3) is 0.167. The Morgan fingerprint density at radius 3 is 3.10 bits per heavy atom. The number of aromatic hydroxyl groups is 1. The van der Waals surface area contributed by atoms with Crippen molar-refractivity contribution in [1.29, 1.82) is 0 Å². The molecule has 0 unspecified atom stereocenters. The second-order valence-electron chi connectivity index (χ2n) is 3.82. The van der Waals surface area contributed by atoms with Gasteiger partial charge in [-0.3, -0.25) is 5.43 Å². The van der Waals surface area contributed by atoms with Gasteiger partial charge in [-0.1, -0.05) is 0 Å². The number of nitrogens with one attached hydrogen (secondary N) is 2. The van der Waals surface area contributed by atoms with Gasteiger partial charge in [-0.15, -0.1) is 0 Å². The molecule has 0 aliphatic carbocycles. The molecule has 0 aliphatic heterocycles. The number of hydrogen-bond donors (Lipinski definition) is 3. The number of ether oxygens (including phenoxy) is 1. The molecule has 0 spiro atoms. The van der Waals surface area contributed by atoms with Crippen molar-refractivity contribution in [2.45, 2.75) is 6.92 Å². The van der Waals surface area contributed by atoms with Crippen LogP contribution in [0.5, 0.6) is 11.5 Å². The van der Waals surface area contributed by atoms with Crippen LogP contribution in [0.15, 0.2) is 32.7 Å². The number of phenols is 1. The summed E-state index contributed by atoms with van der Waals surface area (Å²) in [5, 5.41) is 19.5. The number of hydrazone groups is 1. The number of aromatic amines is 1. The summed E-state index contributed by atoms with van der Waals surface area (Å²) in [6.45, 7) is 2.25. The number of hydrogen-bond acceptors (Lipinski definition) is 7. The van der Waals surface area contributed by atoms with Gasteiger partial charge in [-0.25, -0.2) is 9.89 Å². The number of nitrogens with zero attached hydrogens (tertiary/aromatic N) is 3. The lowest BCUT2D eigenvalue weighted by atomic mass is 10.2. The molecular formula is C12H12BrN5O3. The normalized spacial score (nSPS) is 10.8. The van der Waals surface area contributed by atoms with Crippen molar-refractivity contribution in [1.82, 2.24) is 15.2 Å². The van der Waals surface area contributed by atoms with E-state index in [2.05, 4.69) is 41.6 Å². The van der Waals surface area contributed by atoms with Gasteiger partial charge in [0.15, 0.2) is 17.3 Å². The summed E-state index contributed by atoms with van der Waals surface area (Å²) >= 11 is 3.23. The summed E-state index contributed by atoms with van der Waals surface area (Å²) in [5.41, 5.74) is 2.70. The Balaban J connectivity index is 2.15. The van der Waals surface area contributed by atoms with E-state index in [0.29, 0.717) is 22.4 Å². The molecule has 110 valence electrons. The van der Waals surface area contributed by atoms with Gasteiger partial charge in [0.25, 0.3) is 0 Å². The minimum Gasteiger partial charge on any atom is -0.503 e. The minimum absolute atomic E-state index is 0.0300. The molecule has 9 heteroatoms. The van der Waals surface area contributed by atoms with Crippen LogP contribution in [0.3, 0.4) is 0 Å². The summed E-state index contributed by atoms with van der Waals surface area (Å²) < 4.78 is 5.80. The summed E-state index contributed by atoms with van der Waals surface area (Å²) in [5.74, 6) is 0.601. The summed E-state index contributed by atoms with van der Waals surface area (Å²) in [7, 11) is 0. The zero-order chi connectivity index (χ0) is 15.2. The van der Waals surface area contributed by atoms with Crippen LogP contribution < -0.4 is 15.9 Å². The van der Waals surface area contributed by atoms with Crippen LogP contribution >= 0.6 is 15.9 Å². The highest BCUT2D eigenvalue weighted by molar-refractivity contribution is 9.10. The third-order valence-corrected chi connectivity index (χ3v) is 2.92. The maximum Gasteiger partial charge on any atom is 0.363 e. The average Bonchev–Trinajstić information content (AvgIpc) is 2.44. The Morgan fingerprint density at radius 2 is 2.38 bits per heavy atom. The lowest BCUT2D eigenvalue weighted by molar-refractivity contribution is 0.317. The minimum atomic E-state index is -0.568. The predicted octanol–water partition coefficient (Wildman–Crippen LogP) is 1.48. The standard InChI is InChI=1S/C12H12BrN5O3/c1-2-21-9-4-7(3-8(13)11(9)19)5-14-17-10-6-15-18-12(20)16-10/h3-6,19H,2H2,1H3,(H2,16,17,18,20)/b14-5+. The first-order chi connectivity index (χ1) is 10.1. The molecule has 0 bridgehead atoms. The van der Waals surface area contributed by atoms with Crippen LogP contribution in [-0.2, 0) is 0 Å². The van der Waals surface area contributed by atoms with E-state index in [9.17, 15) is 9.90 Å². The first-order valence-corrected chi connectivity index (χ1v) is 6.75. The van der Waals surface area contributed by atoms with E-state index in [4.69, 9.17) is 4.74 Å². The van der Waals surface area contributed by atoms with E-state index >= 15 is 0 Å². The number of rotatable bonds is 5. The lowest BCUT2D eigenvalue weighted by Gasteiger charge is -2.08. The Kier molecular flexibility index (Phi) is 4.88. The molecule has 0 radical (unpaired) electrons. The maximum absolute atomic E-state index is 11.0. The zero-order valence-corrected chi connectivity index (χ0v) is 12.6. The molecule has 0 amide bonds. The molecule has 1 heterocycles. The number of phenolic OH excluding ortho intramolecular Hbond substituents is 1. The van der Waals surface area contributed by atoms with Gasteiger partial charge in [-0.2, -0.15) is 15.2 Å². The largest absolute Gasteiger partial charge is 0.503 e. The van der Waals surface area contributed by atoms with Gasteiger partial charge in [0, 0.05) is 0 Å². The maximum atomic E-state index is 11.0. The van der Waals surface area contributed by atoms with Crippen LogP contribution in [0.25, 0.3) is 0 Å². The van der Waals surface area contributed by atoms with Crippen LogP contribution in [0, 0.1) is 0 Å². The third kappa shape index (κ3) is 4.02. The van der Waals surface area contributed by atoms with Gasteiger partial charge in [-0.05, 0) is 40.5 Å². The van der Waals surface area contributed by atoms with E-state index < -0.39 is 5.69 Å². The Hall–Kier alpha value is -2.42. The second kappa shape index (κ2) is 6.84. The Morgan fingerprint density at radius 1 is 1.57 bits per heavy atom. The van der Waals surface area contributed by atoms with Gasteiger partial charge in [0.05, 0.1) is 23.5 Å². The number of H-pyrrole nitrogens is 1. The van der Waals surface area contributed by atoms with Crippen LogP contribution in [0.2, 0.25) is 0 Å². The fourth-order valence-corrected chi connectivity index (χ4v) is 1.93. The SMILES string of the molecule is CCOc1cc(/C=N/Nc2cn[nH]c(=O)n2)cc(Br)c1O. The third-order valence-electron chi connectivity index (χ3n) is 2.31.